The van der Waals surface area contributed by atoms with Gasteiger partial charge in [0.05, 0.1) is 18.1 Å². The molecule has 3 rings (SSSR count). The van der Waals surface area contributed by atoms with Gasteiger partial charge in [0.2, 0.25) is 11.8 Å². The number of benzene rings is 1. The number of ether oxygens (including phenoxy) is 1. The minimum Gasteiger partial charge on any atom is -0.439 e. The highest BCUT2D eigenvalue weighted by Gasteiger charge is 2.20. The molecular formula is C20H25Cl2N5O2. The number of pyridine rings is 1. The first-order valence-corrected chi connectivity index (χ1v) is 8.64. The van der Waals surface area contributed by atoms with E-state index >= 15 is 0 Å². The third-order valence-corrected chi connectivity index (χ3v) is 4.38. The number of aryl methyl sites for hydroxylation is 2. The Morgan fingerprint density at radius 2 is 1.90 bits per heavy atom. The number of rotatable bonds is 6. The van der Waals surface area contributed by atoms with Gasteiger partial charge in [-0.3, -0.25) is 9.48 Å². The standard InChI is InChI=1S/C20H23N5O2.2ClH/c1-13-6-5-7-17(14(13)2)27-18-9-8-16(11-22-18)24-20(26)19(21-3)15-10-23-25(4)12-15;;/h5-12,19,21H,1-4H3,(H,24,26);2*1H. The number of amides is 1. The maximum Gasteiger partial charge on any atom is 0.246 e. The monoisotopic (exact) mass is 437 g/mol. The first kappa shape index (κ1) is 24.4. The van der Waals surface area contributed by atoms with Crippen LogP contribution in [0, 0.1) is 13.8 Å². The molecule has 0 fully saturated rings. The van der Waals surface area contributed by atoms with Gasteiger partial charge in [0.25, 0.3) is 0 Å². The molecule has 9 heteroatoms. The minimum absolute atomic E-state index is 0. The fraction of sp³-hybridized carbons (Fsp3) is 0.250. The van der Waals surface area contributed by atoms with E-state index in [1.807, 2.05) is 39.1 Å². The quantitative estimate of drug-likeness (QED) is 0.609. The number of nitrogens with one attached hydrogen (secondary N) is 2. The highest BCUT2D eigenvalue weighted by atomic mass is 35.5. The predicted molar refractivity (Wildman–Crippen MR) is 118 cm³/mol. The molecule has 0 radical (unpaired) electrons. The molecule has 0 aliphatic rings. The van der Waals surface area contributed by atoms with E-state index in [9.17, 15) is 4.79 Å². The number of halogens is 2. The van der Waals surface area contributed by atoms with Crippen molar-refractivity contribution in [1.29, 1.82) is 0 Å². The molecule has 2 aromatic heterocycles. The van der Waals surface area contributed by atoms with Crippen LogP contribution >= 0.6 is 24.8 Å². The summed E-state index contributed by atoms with van der Waals surface area (Å²) >= 11 is 0. The SMILES string of the molecule is CNC(C(=O)Nc1ccc(Oc2cccc(C)c2C)nc1)c1cnn(C)c1.Cl.Cl. The molecule has 0 aliphatic heterocycles. The van der Waals surface area contributed by atoms with E-state index in [1.165, 1.54) is 0 Å². The van der Waals surface area contributed by atoms with Crippen molar-refractivity contribution in [1.82, 2.24) is 20.1 Å². The molecular weight excluding hydrogens is 413 g/mol. The molecule has 7 nitrogen and oxygen atoms in total. The number of anilines is 1. The molecule has 1 atom stereocenters. The van der Waals surface area contributed by atoms with Gasteiger partial charge >= 0.3 is 0 Å². The van der Waals surface area contributed by atoms with Crippen LogP contribution in [0.25, 0.3) is 0 Å². The Balaban J connectivity index is 0.00000210. The van der Waals surface area contributed by atoms with Gasteiger partial charge in [0.15, 0.2) is 0 Å². The highest BCUT2D eigenvalue weighted by molar-refractivity contribution is 5.95. The van der Waals surface area contributed by atoms with E-state index in [-0.39, 0.29) is 30.7 Å². The summed E-state index contributed by atoms with van der Waals surface area (Å²) in [5.74, 6) is 1.06. The van der Waals surface area contributed by atoms with Crippen LogP contribution in [-0.4, -0.2) is 27.7 Å². The van der Waals surface area contributed by atoms with Gasteiger partial charge in [-0.05, 0) is 44.2 Å². The van der Waals surface area contributed by atoms with Crippen molar-refractivity contribution in [2.24, 2.45) is 7.05 Å². The smallest absolute Gasteiger partial charge is 0.246 e. The number of likely N-dealkylation sites (N-methyl/N-ethyl adjacent to an activating group) is 1. The Morgan fingerprint density at radius 3 is 2.48 bits per heavy atom. The van der Waals surface area contributed by atoms with Crippen LogP contribution in [0.5, 0.6) is 11.6 Å². The molecule has 156 valence electrons. The van der Waals surface area contributed by atoms with E-state index in [0.717, 1.165) is 22.4 Å². The Bertz CT molecular complexity index is 944. The molecule has 1 unspecified atom stereocenters. The summed E-state index contributed by atoms with van der Waals surface area (Å²) in [6.45, 7) is 4.05. The summed E-state index contributed by atoms with van der Waals surface area (Å²) in [4.78, 5) is 16.8. The third-order valence-electron chi connectivity index (χ3n) is 4.38. The maximum atomic E-state index is 12.5. The highest BCUT2D eigenvalue weighted by Crippen LogP contribution is 2.26. The molecule has 1 aromatic carbocycles. The zero-order valence-corrected chi connectivity index (χ0v) is 18.3. The number of nitrogens with zero attached hydrogens (tertiary/aromatic N) is 3. The lowest BCUT2D eigenvalue weighted by molar-refractivity contribution is -0.118. The molecule has 1 amide bonds. The molecule has 0 spiro atoms. The van der Waals surface area contributed by atoms with Crippen molar-refractivity contribution >= 4 is 36.4 Å². The van der Waals surface area contributed by atoms with Crippen molar-refractivity contribution in [3.8, 4) is 11.6 Å². The molecule has 2 heterocycles. The van der Waals surface area contributed by atoms with Gasteiger partial charge in [-0.15, -0.1) is 24.8 Å². The summed E-state index contributed by atoms with van der Waals surface area (Å²) in [6.07, 6.45) is 5.05. The maximum absolute atomic E-state index is 12.5. The number of hydrogen-bond acceptors (Lipinski definition) is 5. The van der Waals surface area contributed by atoms with Gasteiger partial charge < -0.3 is 15.4 Å². The van der Waals surface area contributed by atoms with Gasteiger partial charge in [-0.25, -0.2) is 4.98 Å². The number of aromatic nitrogens is 3. The fourth-order valence-electron chi connectivity index (χ4n) is 2.71. The van der Waals surface area contributed by atoms with Crippen LogP contribution in [0.1, 0.15) is 22.7 Å². The van der Waals surface area contributed by atoms with Gasteiger partial charge in [-0.2, -0.15) is 5.10 Å². The average molecular weight is 438 g/mol. The summed E-state index contributed by atoms with van der Waals surface area (Å²) in [7, 11) is 3.54. The van der Waals surface area contributed by atoms with E-state index in [2.05, 4.69) is 20.7 Å². The molecule has 29 heavy (non-hydrogen) atoms. The zero-order valence-electron chi connectivity index (χ0n) is 16.7. The van der Waals surface area contributed by atoms with E-state index in [0.29, 0.717) is 11.6 Å². The number of carbonyl (C=O) groups is 1. The minimum atomic E-state index is -0.496. The van der Waals surface area contributed by atoms with Crippen molar-refractivity contribution in [2.45, 2.75) is 19.9 Å². The van der Waals surface area contributed by atoms with Gasteiger partial charge in [0, 0.05) is 24.9 Å². The van der Waals surface area contributed by atoms with Crippen LogP contribution < -0.4 is 15.4 Å². The van der Waals surface area contributed by atoms with Crippen LogP contribution in [0.15, 0.2) is 48.9 Å². The van der Waals surface area contributed by atoms with Crippen LogP contribution in [0.3, 0.4) is 0 Å². The van der Waals surface area contributed by atoms with Crippen LogP contribution in [0.2, 0.25) is 0 Å². The van der Waals surface area contributed by atoms with Gasteiger partial charge in [-0.1, -0.05) is 12.1 Å². The summed E-state index contributed by atoms with van der Waals surface area (Å²) in [6, 6.07) is 8.89. The normalized spacial score (nSPS) is 11.0. The number of hydrogen-bond donors (Lipinski definition) is 2. The second-order valence-electron chi connectivity index (χ2n) is 6.34. The van der Waals surface area contributed by atoms with Crippen molar-refractivity contribution < 1.29 is 9.53 Å². The Hall–Kier alpha value is -2.61. The van der Waals surface area contributed by atoms with E-state index < -0.39 is 6.04 Å². The number of carbonyl (C=O) groups excluding carboxylic acids is 1. The average Bonchev–Trinajstić information content (AvgIpc) is 3.07. The fourth-order valence-corrected chi connectivity index (χ4v) is 2.71. The van der Waals surface area contributed by atoms with Crippen molar-refractivity contribution in [2.75, 3.05) is 12.4 Å². The summed E-state index contributed by atoms with van der Waals surface area (Å²) in [5, 5.41) is 9.96. The molecule has 0 aliphatic carbocycles. The lowest BCUT2D eigenvalue weighted by Gasteiger charge is -2.15. The Labute approximate surface area is 182 Å². The predicted octanol–water partition coefficient (Wildman–Crippen LogP) is 3.97. The molecule has 3 aromatic rings. The summed E-state index contributed by atoms with van der Waals surface area (Å²) in [5.41, 5.74) is 3.62. The second-order valence-corrected chi connectivity index (χ2v) is 6.34. The summed E-state index contributed by atoms with van der Waals surface area (Å²) < 4.78 is 7.50. The lowest BCUT2D eigenvalue weighted by atomic mass is 10.1. The lowest BCUT2D eigenvalue weighted by Crippen LogP contribution is -2.30. The topological polar surface area (TPSA) is 81.1 Å². The molecule has 0 saturated heterocycles. The Kier molecular flexibility index (Phi) is 9.10. The first-order chi connectivity index (χ1) is 13.0. The van der Waals surface area contributed by atoms with Crippen LogP contribution in [-0.2, 0) is 11.8 Å². The van der Waals surface area contributed by atoms with Gasteiger partial charge in [0.1, 0.15) is 11.8 Å². The van der Waals surface area contributed by atoms with E-state index in [1.54, 1.807) is 42.5 Å². The van der Waals surface area contributed by atoms with Crippen molar-refractivity contribution in [3.63, 3.8) is 0 Å². The molecule has 2 N–H and O–H groups in total. The van der Waals surface area contributed by atoms with Crippen LogP contribution in [0.4, 0.5) is 5.69 Å². The zero-order chi connectivity index (χ0) is 19.4. The first-order valence-electron chi connectivity index (χ1n) is 8.64. The van der Waals surface area contributed by atoms with Crippen molar-refractivity contribution in [3.05, 3.63) is 65.6 Å². The van der Waals surface area contributed by atoms with E-state index in [4.69, 9.17) is 4.74 Å². The third kappa shape index (κ3) is 5.93. The molecule has 0 saturated carbocycles. The Morgan fingerprint density at radius 1 is 1.14 bits per heavy atom. The largest absolute Gasteiger partial charge is 0.439 e. The molecule has 0 bridgehead atoms. The second kappa shape index (κ2) is 10.8.